The molecule has 102 valence electrons. The predicted octanol–water partition coefficient (Wildman–Crippen LogP) is 4.40. The lowest BCUT2D eigenvalue weighted by Gasteiger charge is -2.42. The summed E-state index contributed by atoms with van der Waals surface area (Å²) in [7, 11) is 0. The van der Waals surface area contributed by atoms with Crippen LogP contribution in [-0.4, -0.2) is 17.2 Å². The zero-order valence-electron chi connectivity index (χ0n) is 11.3. The third-order valence-electron chi connectivity index (χ3n) is 3.24. The van der Waals surface area contributed by atoms with Crippen molar-refractivity contribution in [2.45, 2.75) is 33.2 Å². The van der Waals surface area contributed by atoms with Gasteiger partial charge in [-0.3, -0.25) is 15.7 Å². The van der Waals surface area contributed by atoms with Gasteiger partial charge in [0.25, 0.3) is 0 Å². The maximum atomic E-state index is 8.31. The van der Waals surface area contributed by atoms with Gasteiger partial charge in [0.1, 0.15) is 11.7 Å². The minimum absolute atomic E-state index is 0.318. The van der Waals surface area contributed by atoms with E-state index in [0.717, 1.165) is 21.4 Å². The highest BCUT2D eigenvalue weighted by Gasteiger charge is 2.38. The van der Waals surface area contributed by atoms with E-state index in [1.54, 1.807) is 11.8 Å². The number of amidine groups is 2. The van der Waals surface area contributed by atoms with E-state index < -0.39 is 5.54 Å². The molecule has 0 aromatic heterocycles. The maximum absolute atomic E-state index is 8.31. The monoisotopic (exact) mass is 342 g/mol. The van der Waals surface area contributed by atoms with Gasteiger partial charge in [-0.1, -0.05) is 11.6 Å². The van der Waals surface area contributed by atoms with Crippen molar-refractivity contribution in [2.75, 3.05) is 10.2 Å². The highest BCUT2D eigenvalue weighted by molar-refractivity contribution is 9.10. The topological polar surface area (TPSA) is 63.0 Å². The molecule has 0 fully saturated rings. The minimum atomic E-state index is -0.543. The number of fused-ring (bicyclic) bond motifs is 1. The van der Waals surface area contributed by atoms with Gasteiger partial charge in [-0.05, 0) is 55.3 Å². The van der Waals surface area contributed by atoms with Gasteiger partial charge < -0.3 is 5.32 Å². The van der Waals surface area contributed by atoms with Crippen molar-refractivity contribution in [3.8, 4) is 0 Å². The quantitative estimate of drug-likeness (QED) is 0.483. The van der Waals surface area contributed by atoms with Gasteiger partial charge in [0.2, 0.25) is 0 Å². The van der Waals surface area contributed by atoms with Gasteiger partial charge in [-0.25, -0.2) is 0 Å². The molecule has 0 spiro atoms. The molecule has 0 bridgehead atoms. The second kappa shape index (κ2) is 4.49. The zero-order valence-corrected chi connectivity index (χ0v) is 13.6. The molecule has 6 heteroatoms. The molecule has 1 aliphatic rings. The molecule has 0 radical (unpaired) electrons. The SMILES string of the molecule is CC(=N)N1C(=N)C(C)(C)Nc2cc(Cl)c(Br)c(C)c21. The Balaban J connectivity index is 2.78. The third-order valence-corrected chi connectivity index (χ3v) is 4.79. The lowest BCUT2D eigenvalue weighted by Crippen LogP contribution is -2.55. The van der Waals surface area contributed by atoms with Crippen LogP contribution in [0.25, 0.3) is 0 Å². The van der Waals surface area contributed by atoms with E-state index in [0.29, 0.717) is 16.7 Å². The van der Waals surface area contributed by atoms with Crippen LogP contribution in [0.5, 0.6) is 0 Å². The standard InChI is InChI=1S/C13H16BrClN4/c1-6-10(14)8(15)5-9-11(6)19(7(2)16)12(17)13(3,4)18-9/h5,16-18H,1-4H3. The van der Waals surface area contributed by atoms with Crippen molar-refractivity contribution in [2.24, 2.45) is 0 Å². The highest BCUT2D eigenvalue weighted by Crippen LogP contribution is 2.44. The zero-order chi connectivity index (χ0) is 14.5. The highest BCUT2D eigenvalue weighted by atomic mass is 79.9. The average Bonchev–Trinajstić information content (AvgIpc) is 2.28. The van der Waals surface area contributed by atoms with Crippen LogP contribution in [0.1, 0.15) is 26.3 Å². The van der Waals surface area contributed by atoms with Crippen LogP contribution in [-0.2, 0) is 0 Å². The van der Waals surface area contributed by atoms with Gasteiger partial charge >= 0.3 is 0 Å². The minimum Gasteiger partial charge on any atom is -0.371 e. The molecule has 1 aliphatic heterocycles. The molecule has 0 aliphatic carbocycles. The third kappa shape index (κ3) is 2.15. The molecule has 0 saturated carbocycles. The van der Waals surface area contributed by atoms with E-state index in [2.05, 4.69) is 21.2 Å². The van der Waals surface area contributed by atoms with E-state index in [-0.39, 0.29) is 0 Å². The lowest BCUT2D eigenvalue weighted by molar-refractivity contribution is 0.731. The molecule has 3 N–H and O–H groups in total. The molecule has 2 rings (SSSR count). The van der Waals surface area contributed by atoms with Crippen molar-refractivity contribution in [3.63, 3.8) is 0 Å². The summed E-state index contributed by atoms with van der Waals surface area (Å²) >= 11 is 9.65. The predicted molar refractivity (Wildman–Crippen MR) is 85.2 cm³/mol. The van der Waals surface area contributed by atoms with Crippen LogP contribution in [0, 0.1) is 17.7 Å². The summed E-state index contributed by atoms with van der Waals surface area (Å²) in [5.74, 6) is 0.669. The van der Waals surface area contributed by atoms with Crippen molar-refractivity contribution in [3.05, 3.63) is 21.1 Å². The van der Waals surface area contributed by atoms with E-state index >= 15 is 0 Å². The summed E-state index contributed by atoms with van der Waals surface area (Å²) in [6, 6.07) is 1.83. The van der Waals surface area contributed by atoms with E-state index in [4.69, 9.17) is 22.4 Å². The van der Waals surface area contributed by atoms with Gasteiger partial charge in [-0.15, -0.1) is 0 Å². The molecule has 1 aromatic carbocycles. The van der Waals surface area contributed by atoms with Crippen LogP contribution >= 0.6 is 27.5 Å². The number of nitrogens with one attached hydrogen (secondary N) is 3. The number of halogens is 2. The number of nitrogens with zero attached hydrogens (tertiary/aromatic N) is 1. The maximum Gasteiger partial charge on any atom is 0.132 e. The molecule has 0 saturated heterocycles. The van der Waals surface area contributed by atoms with Gasteiger partial charge in [-0.2, -0.15) is 0 Å². The average molecular weight is 344 g/mol. The van der Waals surface area contributed by atoms with Crippen LogP contribution in [0.3, 0.4) is 0 Å². The summed E-state index contributed by atoms with van der Waals surface area (Å²) in [5, 5.41) is 20.2. The van der Waals surface area contributed by atoms with Crippen molar-refractivity contribution < 1.29 is 0 Å². The number of rotatable bonds is 0. The summed E-state index contributed by atoms with van der Waals surface area (Å²) in [4.78, 5) is 1.66. The molecule has 0 atom stereocenters. The summed E-state index contributed by atoms with van der Waals surface area (Å²) < 4.78 is 0.800. The van der Waals surface area contributed by atoms with Crippen LogP contribution in [0.4, 0.5) is 11.4 Å². The Morgan fingerprint density at radius 2 is 2.05 bits per heavy atom. The van der Waals surface area contributed by atoms with Crippen molar-refractivity contribution in [1.29, 1.82) is 10.8 Å². The van der Waals surface area contributed by atoms with E-state index in [9.17, 15) is 0 Å². The first-order chi connectivity index (χ1) is 8.66. The second-order valence-electron chi connectivity index (χ2n) is 5.21. The van der Waals surface area contributed by atoms with Crippen molar-refractivity contribution in [1.82, 2.24) is 0 Å². The number of benzene rings is 1. The summed E-state index contributed by atoms with van der Waals surface area (Å²) in [6.07, 6.45) is 0. The van der Waals surface area contributed by atoms with Gasteiger partial charge in [0, 0.05) is 4.47 Å². The first kappa shape index (κ1) is 14.3. The Bertz CT molecular complexity index is 595. The Morgan fingerprint density at radius 1 is 1.47 bits per heavy atom. The molecular weight excluding hydrogens is 328 g/mol. The molecule has 0 amide bonds. The Kier molecular flexibility index (Phi) is 3.39. The van der Waals surface area contributed by atoms with Crippen LogP contribution in [0.2, 0.25) is 5.02 Å². The Morgan fingerprint density at radius 3 is 2.58 bits per heavy atom. The first-order valence-electron chi connectivity index (χ1n) is 5.88. The van der Waals surface area contributed by atoms with E-state index in [1.807, 2.05) is 26.8 Å². The molecule has 4 nitrogen and oxygen atoms in total. The van der Waals surface area contributed by atoms with Gasteiger partial charge in [0.15, 0.2) is 0 Å². The molecular formula is C13H16BrClN4. The fourth-order valence-corrected chi connectivity index (χ4v) is 2.80. The molecule has 1 aromatic rings. The summed E-state index contributed by atoms with van der Waals surface area (Å²) in [5.41, 5.74) is 2.03. The Hall–Kier alpha value is -1.07. The number of hydrogen-bond acceptors (Lipinski definition) is 3. The second-order valence-corrected chi connectivity index (χ2v) is 6.41. The first-order valence-corrected chi connectivity index (χ1v) is 7.05. The Labute approximate surface area is 126 Å². The van der Waals surface area contributed by atoms with Crippen LogP contribution in [0.15, 0.2) is 10.5 Å². The van der Waals surface area contributed by atoms with Crippen molar-refractivity contribution >= 4 is 50.6 Å². The molecule has 19 heavy (non-hydrogen) atoms. The largest absolute Gasteiger partial charge is 0.371 e. The fourth-order valence-electron chi connectivity index (χ4n) is 2.25. The number of hydrogen-bond donors (Lipinski definition) is 3. The smallest absolute Gasteiger partial charge is 0.132 e. The van der Waals surface area contributed by atoms with E-state index in [1.165, 1.54) is 0 Å². The summed E-state index contributed by atoms with van der Waals surface area (Å²) in [6.45, 7) is 7.44. The molecule has 0 unspecified atom stereocenters. The van der Waals surface area contributed by atoms with Crippen LogP contribution < -0.4 is 10.2 Å². The number of anilines is 2. The van der Waals surface area contributed by atoms with Gasteiger partial charge in [0.05, 0.1) is 21.9 Å². The molecule has 1 heterocycles. The fraction of sp³-hybridized carbons (Fsp3) is 0.385. The normalized spacial score (nSPS) is 16.9. The lowest BCUT2D eigenvalue weighted by atomic mass is 9.95.